The number of piperidine rings is 1. The second-order valence-electron chi connectivity index (χ2n) is 6.13. The number of piperazine rings is 1. The van der Waals surface area contributed by atoms with Gasteiger partial charge in [-0.1, -0.05) is 0 Å². The van der Waals surface area contributed by atoms with Gasteiger partial charge in [0, 0.05) is 37.6 Å². The lowest BCUT2D eigenvalue weighted by atomic mass is 10.0. The summed E-state index contributed by atoms with van der Waals surface area (Å²) in [4.78, 5) is 28.0. The molecule has 0 spiro atoms. The van der Waals surface area contributed by atoms with Gasteiger partial charge in [-0.05, 0) is 25.2 Å². The molecular formula is C13H19N3O2. The van der Waals surface area contributed by atoms with Crippen molar-refractivity contribution in [2.45, 2.75) is 31.3 Å². The summed E-state index contributed by atoms with van der Waals surface area (Å²) in [5.41, 5.74) is 0. The van der Waals surface area contributed by atoms with Crippen molar-refractivity contribution in [3.63, 3.8) is 0 Å². The third-order valence-electron chi connectivity index (χ3n) is 5.11. The number of carbonyl (C=O) groups is 2. The highest BCUT2D eigenvalue weighted by molar-refractivity contribution is 5.83. The monoisotopic (exact) mass is 249 g/mol. The summed E-state index contributed by atoms with van der Waals surface area (Å²) >= 11 is 0. The van der Waals surface area contributed by atoms with Crippen LogP contribution in [0.5, 0.6) is 0 Å². The van der Waals surface area contributed by atoms with Gasteiger partial charge in [0.25, 0.3) is 0 Å². The second kappa shape index (κ2) is 3.70. The molecule has 3 aliphatic heterocycles. The molecule has 18 heavy (non-hydrogen) atoms. The third kappa shape index (κ3) is 1.49. The van der Waals surface area contributed by atoms with Crippen molar-refractivity contribution in [3.8, 4) is 0 Å². The molecule has 5 heteroatoms. The summed E-state index contributed by atoms with van der Waals surface area (Å²) in [6, 6.07) is 0.834. The molecule has 0 aromatic rings. The van der Waals surface area contributed by atoms with Gasteiger partial charge >= 0.3 is 0 Å². The van der Waals surface area contributed by atoms with E-state index in [0.29, 0.717) is 24.5 Å². The molecule has 3 saturated heterocycles. The molecule has 98 valence electrons. The van der Waals surface area contributed by atoms with Crippen molar-refractivity contribution in [2.24, 2.45) is 11.8 Å². The molecule has 5 nitrogen and oxygen atoms in total. The quantitative estimate of drug-likeness (QED) is 0.677. The van der Waals surface area contributed by atoms with Gasteiger partial charge in [0.05, 0.1) is 6.54 Å². The average molecular weight is 249 g/mol. The van der Waals surface area contributed by atoms with Crippen LogP contribution in [0, 0.1) is 11.8 Å². The highest BCUT2D eigenvalue weighted by Crippen LogP contribution is 2.45. The summed E-state index contributed by atoms with van der Waals surface area (Å²) in [7, 11) is 0. The van der Waals surface area contributed by atoms with E-state index < -0.39 is 0 Å². The van der Waals surface area contributed by atoms with Crippen LogP contribution in [-0.4, -0.2) is 59.9 Å². The Morgan fingerprint density at radius 1 is 1.28 bits per heavy atom. The first-order valence-electron chi connectivity index (χ1n) is 7.05. The van der Waals surface area contributed by atoms with Crippen LogP contribution < -0.4 is 5.32 Å². The zero-order valence-corrected chi connectivity index (χ0v) is 10.5. The summed E-state index contributed by atoms with van der Waals surface area (Å²) in [6.45, 7) is 3.25. The number of nitrogens with one attached hydrogen (secondary N) is 1. The first kappa shape index (κ1) is 10.8. The van der Waals surface area contributed by atoms with E-state index in [1.165, 1.54) is 0 Å². The van der Waals surface area contributed by atoms with Gasteiger partial charge < -0.3 is 10.2 Å². The Bertz CT molecular complexity index is 411. The molecule has 0 bridgehead atoms. The summed E-state index contributed by atoms with van der Waals surface area (Å²) < 4.78 is 0. The largest absolute Gasteiger partial charge is 0.354 e. The van der Waals surface area contributed by atoms with Gasteiger partial charge in [0.15, 0.2) is 0 Å². The molecular weight excluding hydrogens is 230 g/mol. The number of rotatable bonds is 1. The van der Waals surface area contributed by atoms with Crippen LogP contribution in [0.4, 0.5) is 0 Å². The topological polar surface area (TPSA) is 52.7 Å². The normalized spacial score (nSPS) is 43.4. The average Bonchev–Trinajstić information content (AvgIpc) is 3.01. The Hall–Kier alpha value is -1.10. The van der Waals surface area contributed by atoms with Crippen molar-refractivity contribution < 1.29 is 9.59 Å². The van der Waals surface area contributed by atoms with Gasteiger partial charge in [0.1, 0.15) is 0 Å². The highest BCUT2D eigenvalue weighted by atomic mass is 16.2. The van der Waals surface area contributed by atoms with E-state index in [1.54, 1.807) is 0 Å². The molecule has 4 fully saturated rings. The van der Waals surface area contributed by atoms with Crippen LogP contribution in [0.3, 0.4) is 0 Å². The lowest BCUT2D eigenvalue weighted by Crippen LogP contribution is -2.60. The Balaban J connectivity index is 1.49. The fraction of sp³-hybridized carbons (Fsp3) is 0.846. The Morgan fingerprint density at radius 3 is 3.06 bits per heavy atom. The fourth-order valence-electron chi connectivity index (χ4n) is 4.04. The Labute approximate surface area is 106 Å². The van der Waals surface area contributed by atoms with Crippen LogP contribution in [0.1, 0.15) is 19.3 Å². The van der Waals surface area contributed by atoms with Crippen molar-refractivity contribution in [2.75, 3.05) is 26.2 Å². The zero-order valence-electron chi connectivity index (χ0n) is 10.5. The maximum Gasteiger partial charge on any atom is 0.237 e. The number of hydrogen-bond donors (Lipinski definition) is 1. The van der Waals surface area contributed by atoms with E-state index in [9.17, 15) is 9.59 Å². The lowest BCUT2D eigenvalue weighted by molar-refractivity contribution is -0.139. The molecule has 4 rings (SSSR count). The van der Waals surface area contributed by atoms with Crippen LogP contribution in [-0.2, 0) is 9.59 Å². The maximum absolute atomic E-state index is 12.1. The number of carbonyl (C=O) groups excluding carboxylic acids is 2. The number of nitrogens with zero attached hydrogens (tertiary/aromatic N) is 2. The van der Waals surface area contributed by atoms with Gasteiger partial charge in [-0.2, -0.15) is 0 Å². The maximum atomic E-state index is 12.1. The SMILES string of the molecule is O=C1NCC(N2CC(=O)N3CCCC3C2)C2CC12. The van der Waals surface area contributed by atoms with E-state index in [-0.39, 0.29) is 17.7 Å². The number of hydrogen-bond acceptors (Lipinski definition) is 3. The van der Waals surface area contributed by atoms with Crippen LogP contribution in [0.15, 0.2) is 0 Å². The Kier molecular flexibility index (Phi) is 2.22. The summed E-state index contributed by atoms with van der Waals surface area (Å²) in [6.07, 6.45) is 3.32. The minimum Gasteiger partial charge on any atom is -0.354 e. The second-order valence-corrected chi connectivity index (χ2v) is 6.13. The van der Waals surface area contributed by atoms with Crippen LogP contribution >= 0.6 is 0 Å². The van der Waals surface area contributed by atoms with Crippen molar-refractivity contribution in [1.29, 1.82) is 0 Å². The predicted molar refractivity (Wildman–Crippen MR) is 64.7 cm³/mol. The van der Waals surface area contributed by atoms with Crippen LogP contribution in [0.25, 0.3) is 0 Å². The molecule has 4 aliphatic rings. The molecule has 4 unspecified atom stereocenters. The minimum absolute atomic E-state index is 0.224. The minimum atomic E-state index is 0.224. The van der Waals surface area contributed by atoms with Gasteiger partial charge in [0.2, 0.25) is 11.8 Å². The van der Waals surface area contributed by atoms with Gasteiger partial charge in [-0.3, -0.25) is 14.5 Å². The summed E-state index contributed by atoms with van der Waals surface area (Å²) in [5.74, 6) is 1.26. The smallest absolute Gasteiger partial charge is 0.237 e. The first-order chi connectivity index (χ1) is 8.74. The molecule has 1 N–H and O–H groups in total. The van der Waals surface area contributed by atoms with E-state index >= 15 is 0 Å². The molecule has 1 saturated carbocycles. The predicted octanol–water partition coefficient (Wildman–Crippen LogP) is -0.572. The molecule has 1 aliphatic carbocycles. The summed E-state index contributed by atoms with van der Waals surface area (Å²) in [5, 5.41) is 2.99. The first-order valence-corrected chi connectivity index (χ1v) is 7.05. The van der Waals surface area contributed by atoms with E-state index in [1.807, 2.05) is 0 Å². The van der Waals surface area contributed by atoms with E-state index in [4.69, 9.17) is 0 Å². The zero-order chi connectivity index (χ0) is 12.3. The van der Waals surface area contributed by atoms with Crippen molar-refractivity contribution in [1.82, 2.24) is 15.1 Å². The van der Waals surface area contributed by atoms with Crippen LogP contribution in [0.2, 0.25) is 0 Å². The van der Waals surface area contributed by atoms with Gasteiger partial charge in [-0.15, -0.1) is 0 Å². The molecule has 2 amide bonds. The number of amides is 2. The van der Waals surface area contributed by atoms with Gasteiger partial charge in [-0.25, -0.2) is 0 Å². The van der Waals surface area contributed by atoms with E-state index in [2.05, 4.69) is 15.1 Å². The standard InChI is InChI=1S/C13H19N3O2/c17-12-7-15(6-8-2-1-3-16(8)12)11-5-14-13(18)10-4-9(10)11/h8-11H,1-7H2,(H,14,18). The van der Waals surface area contributed by atoms with E-state index in [0.717, 1.165) is 38.9 Å². The molecule has 0 aromatic carbocycles. The molecule has 0 radical (unpaired) electrons. The number of fused-ring (bicyclic) bond motifs is 2. The fourth-order valence-corrected chi connectivity index (χ4v) is 4.04. The lowest BCUT2D eigenvalue weighted by Gasteiger charge is -2.42. The van der Waals surface area contributed by atoms with Crippen molar-refractivity contribution >= 4 is 11.8 Å². The molecule has 4 atom stereocenters. The highest BCUT2D eigenvalue weighted by Gasteiger charge is 2.53. The van der Waals surface area contributed by atoms with Crippen molar-refractivity contribution in [3.05, 3.63) is 0 Å². The Morgan fingerprint density at radius 2 is 2.17 bits per heavy atom. The molecule has 3 heterocycles. The third-order valence-corrected chi connectivity index (χ3v) is 5.11. The molecule has 0 aromatic heterocycles.